The molecule has 0 spiro atoms. The number of sulfonamides is 1. The van der Waals surface area contributed by atoms with E-state index in [1.165, 1.54) is 35.6 Å². The van der Waals surface area contributed by atoms with Crippen molar-refractivity contribution in [2.75, 3.05) is 11.9 Å². The van der Waals surface area contributed by atoms with Crippen LogP contribution in [0.4, 0.5) is 5.69 Å². The van der Waals surface area contributed by atoms with Crippen LogP contribution in [0.5, 0.6) is 0 Å². The van der Waals surface area contributed by atoms with Crippen molar-refractivity contribution in [2.45, 2.75) is 24.4 Å². The average molecular weight is 414 g/mol. The monoisotopic (exact) mass is 413 g/mol. The number of hydrogen-bond acceptors (Lipinski definition) is 5. The van der Waals surface area contributed by atoms with Crippen LogP contribution in [-0.2, 0) is 21.4 Å². The molecule has 1 amide bonds. The van der Waals surface area contributed by atoms with Crippen molar-refractivity contribution >= 4 is 44.6 Å². The summed E-state index contributed by atoms with van der Waals surface area (Å²) in [5, 5.41) is 7.84. The van der Waals surface area contributed by atoms with Gasteiger partial charge in [-0.15, -0.1) is 17.9 Å². The van der Waals surface area contributed by atoms with Gasteiger partial charge >= 0.3 is 0 Å². The van der Waals surface area contributed by atoms with E-state index in [2.05, 4.69) is 11.9 Å². The fourth-order valence-corrected chi connectivity index (χ4v) is 3.93. The van der Waals surface area contributed by atoms with E-state index in [0.717, 1.165) is 4.88 Å². The van der Waals surface area contributed by atoms with Crippen LogP contribution in [0.1, 0.15) is 11.8 Å². The maximum absolute atomic E-state index is 12.6. The third-order valence-corrected chi connectivity index (χ3v) is 5.87. The van der Waals surface area contributed by atoms with Gasteiger partial charge < -0.3 is 5.32 Å². The molecule has 0 aliphatic rings. The van der Waals surface area contributed by atoms with E-state index in [-0.39, 0.29) is 10.8 Å². The topological polar surface area (TPSA) is 92.5 Å². The third kappa shape index (κ3) is 5.65. The lowest BCUT2D eigenvalue weighted by molar-refractivity contribution is -0.120. The van der Waals surface area contributed by atoms with Crippen molar-refractivity contribution in [3.8, 4) is 0 Å². The predicted molar refractivity (Wildman–Crippen MR) is 106 cm³/mol. The minimum absolute atomic E-state index is 0.00796. The molecular formula is C17H20ClN3O3S2. The minimum atomic E-state index is -3.76. The smallest absolute Gasteiger partial charge is 0.241 e. The molecule has 0 saturated carbocycles. The molecule has 1 atom stereocenters. The molecule has 3 N–H and O–H groups in total. The van der Waals surface area contributed by atoms with Crippen molar-refractivity contribution < 1.29 is 13.2 Å². The van der Waals surface area contributed by atoms with E-state index in [9.17, 15) is 13.2 Å². The number of rotatable bonds is 8. The van der Waals surface area contributed by atoms with Gasteiger partial charge in [0.15, 0.2) is 0 Å². The first-order chi connectivity index (χ1) is 12.2. The molecule has 0 fully saturated rings. The SMILES string of the molecule is C=CCN(Cc1ccc(Cl)s1)[C@H](C)C(=O)Nc1ccc(S(N)(=O)=O)cc1. The van der Waals surface area contributed by atoms with Gasteiger partial charge in [0.05, 0.1) is 15.3 Å². The maximum atomic E-state index is 12.6. The Balaban J connectivity index is 2.06. The van der Waals surface area contributed by atoms with E-state index < -0.39 is 16.1 Å². The Morgan fingerprint density at radius 1 is 1.35 bits per heavy atom. The van der Waals surface area contributed by atoms with Crippen LogP contribution in [0.3, 0.4) is 0 Å². The van der Waals surface area contributed by atoms with E-state index in [1.54, 1.807) is 13.0 Å². The van der Waals surface area contributed by atoms with Crippen LogP contribution >= 0.6 is 22.9 Å². The highest BCUT2D eigenvalue weighted by molar-refractivity contribution is 7.89. The second-order valence-corrected chi connectivity index (χ2v) is 9.02. The van der Waals surface area contributed by atoms with Crippen molar-refractivity contribution in [3.05, 3.63) is 58.3 Å². The largest absolute Gasteiger partial charge is 0.325 e. The Morgan fingerprint density at radius 2 is 2.00 bits per heavy atom. The molecule has 2 aromatic rings. The van der Waals surface area contributed by atoms with Crippen molar-refractivity contribution in [1.82, 2.24) is 4.90 Å². The molecule has 0 unspecified atom stereocenters. The lowest BCUT2D eigenvalue weighted by atomic mass is 10.2. The Hall–Kier alpha value is -1.71. The summed E-state index contributed by atoms with van der Waals surface area (Å²) < 4.78 is 23.3. The van der Waals surface area contributed by atoms with Crippen LogP contribution in [-0.4, -0.2) is 31.8 Å². The van der Waals surface area contributed by atoms with Gasteiger partial charge in [-0.25, -0.2) is 13.6 Å². The summed E-state index contributed by atoms with van der Waals surface area (Å²) in [6, 6.07) is 9.04. The summed E-state index contributed by atoms with van der Waals surface area (Å²) in [7, 11) is -3.76. The second-order valence-electron chi connectivity index (χ2n) is 5.66. The number of nitrogens with two attached hydrogens (primary N) is 1. The van der Waals surface area contributed by atoms with Gasteiger partial charge in [-0.3, -0.25) is 9.69 Å². The lowest BCUT2D eigenvalue weighted by Gasteiger charge is -2.26. The first-order valence-electron chi connectivity index (χ1n) is 7.73. The molecule has 26 heavy (non-hydrogen) atoms. The lowest BCUT2D eigenvalue weighted by Crippen LogP contribution is -2.41. The fraction of sp³-hybridized carbons (Fsp3) is 0.235. The first-order valence-corrected chi connectivity index (χ1v) is 10.5. The molecular weight excluding hydrogens is 394 g/mol. The van der Waals surface area contributed by atoms with E-state index in [1.807, 2.05) is 17.0 Å². The number of carbonyl (C=O) groups is 1. The average Bonchev–Trinajstić information content (AvgIpc) is 2.98. The summed E-state index contributed by atoms with van der Waals surface area (Å²) in [5.74, 6) is -0.210. The molecule has 6 nitrogen and oxygen atoms in total. The summed E-state index contributed by atoms with van der Waals surface area (Å²) in [5.41, 5.74) is 0.493. The van der Waals surface area contributed by atoms with Gasteiger partial charge in [-0.2, -0.15) is 0 Å². The van der Waals surface area contributed by atoms with Gasteiger partial charge in [0.25, 0.3) is 0 Å². The highest BCUT2D eigenvalue weighted by Crippen LogP contribution is 2.23. The molecule has 1 aromatic heterocycles. The van der Waals surface area contributed by atoms with Gasteiger partial charge in [0, 0.05) is 23.7 Å². The molecule has 0 bridgehead atoms. The van der Waals surface area contributed by atoms with Gasteiger partial charge in [-0.05, 0) is 43.3 Å². The number of nitrogens with zero attached hydrogens (tertiary/aromatic N) is 1. The summed E-state index contributed by atoms with van der Waals surface area (Å²) in [4.78, 5) is 15.6. The molecule has 1 heterocycles. The number of amides is 1. The number of carbonyl (C=O) groups excluding carboxylic acids is 1. The highest BCUT2D eigenvalue weighted by Gasteiger charge is 2.21. The van der Waals surface area contributed by atoms with Crippen molar-refractivity contribution in [3.63, 3.8) is 0 Å². The minimum Gasteiger partial charge on any atom is -0.325 e. The quantitative estimate of drug-likeness (QED) is 0.650. The molecule has 140 valence electrons. The van der Waals surface area contributed by atoms with Gasteiger partial charge in [0.1, 0.15) is 0 Å². The second kappa shape index (κ2) is 8.79. The van der Waals surface area contributed by atoms with Crippen LogP contribution in [0.15, 0.2) is 53.9 Å². The Kier molecular flexibility index (Phi) is 6.96. The Morgan fingerprint density at radius 3 is 2.50 bits per heavy atom. The van der Waals surface area contributed by atoms with E-state index in [4.69, 9.17) is 16.7 Å². The molecule has 0 radical (unpaired) electrons. The zero-order valence-corrected chi connectivity index (χ0v) is 16.6. The summed E-state index contributed by atoms with van der Waals surface area (Å²) in [6.45, 7) is 6.65. The van der Waals surface area contributed by atoms with Crippen LogP contribution in [0.2, 0.25) is 4.34 Å². The normalized spacial score (nSPS) is 12.8. The zero-order chi connectivity index (χ0) is 19.3. The van der Waals surface area contributed by atoms with Crippen LogP contribution in [0, 0.1) is 0 Å². The molecule has 0 aliphatic carbocycles. The molecule has 9 heteroatoms. The Labute approximate surface area is 162 Å². The van der Waals surface area contributed by atoms with Crippen LogP contribution < -0.4 is 10.5 Å². The third-order valence-electron chi connectivity index (χ3n) is 3.73. The van der Waals surface area contributed by atoms with Gasteiger partial charge in [-0.1, -0.05) is 17.7 Å². The number of nitrogens with one attached hydrogen (secondary N) is 1. The molecule has 1 aromatic carbocycles. The Bertz CT molecular complexity index is 879. The standard InChI is InChI=1S/C17H20ClN3O3S2/c1-3-10-21(11-14-6-9-16(18)25-14)12(2)17(22)20-13-4-7-15(8-5-13)26(19,23)24/h3-9,12H,1,10-11H2,2H3,(H,20,22)(H2,19,23,24)/t12-/m1/s1. The van der Waals surface area contributed by atoms with Crippen LogP contribution in [0.25, 0.3) is 0 Å². The summed E-state index contributed by atoms with van der Waals surface area (Å²) in [6.07, 6.45) is 1.74. The number of primary sulfonamides is 1. The van der Waals surface area contributed by atoms with E-state index >= 15 is 0 Å². The number of thiophene rings is 1. The highest BCUT2D eigenvalue weighted by atomic mass is 35.5. The number of halogens is 1. The molecule has 0 saturated heterocycles. The van der Waals surface area contributed by atoms with Gasteiger partial charge in [0.2, 0.25) is 15.9 Å². The van der Waals surface area contributed by atoms with Crippen molar-refractivity contribution in [2.24, 2.45) is 5.14 Å². The zero-order valence-electron chi connectivity index (χ0n) is 14.2. The maximum Gasteiger partial charge on any atom is 0.241 e. The number of hydrogen-bond donors (Lipinski definition) is 2. The number of benzene rings is 1. The molecule has 0 aliphatic heterocycles. The summed E-state index contributed by atoms with van der Waals surface area (Å²) >= 11 is 7.43. The number of anilines is 1. The first kappa shape index (κ1) is 20.6. The predicted octanol–water partition coefficient (Wildman–Crippen LogP) is 3.06. The van der Waals surface area contributed by atoms with Crippen molar-refractivity contribution in [1.29, 1.82) is 0 Å². The van der Waals surface area contributed by atoms with E-state index in [0.29, 0.717) is 23.1 Å². The molecule has 2 rings (SSSR count). The fourth-order valence-electron chi connectivity index (χ4n) is 2.30.